The van der Waals surface area contributed by atoms with Gasteiger partial charge in [0.15, 0.2) is 5.78 Å². The highest BCUT2D eigenvalue weighted by atomic mass is 35.5. The highest BCUT2D eigenvalue weighted by Gasteiger charge is 2.37. The summed E-state index contributed by atoms with van der Waals surface area (Å²) in [5.41, 5.74) is -0.975. The smallest absolute Gasteiger partial charge is 0.337 e. The van der Waals surface area contributed by atoms with Gasteiger partial charge in [-0.25, -0.2) is 4.79 Å². The molecule has 1 atom stereocenters. The van der Waals surface area contributed by atoms with Crippen molar-refractivity contribution in [2.75, 3.05) is 12.4 Å². The van der Waals surface area contributed by atoms with Gasteiger partial charge in [-0.1, -0.05) is 32.4 Å². The minimum atomic E-state index is -1.57. The fraction of sp³-hybridized carbons (Fsp3) is 0.286. The number of non-ortho nitro benzene ring substituents is 1. The first-order valence-corrected chi connectivity index (χ1v) is 9.46. The van der Waals surface area contributed by atoms with Gasteiger partial charge in [-0.05, 0) is 30.3 Å². The van der Waals surface area contributed by atoms with Crippen molar-refractivity contribution in [1.29, 1.82) is 0 Å². The second kappa shape index (κ2) is 9.57. The van der Waals surface area contributed by atoms with Crippen molar-refractivity contribution >= 4 is 40.6 Å². The van der Waals surface area contributed by atoms with Gasteiger partial charge in [0.2, 0.25) is 6.10 Å². The van der Waals surface area contributed by atoms with Crippen LogP contribution >= 0.6 is 11.6 Å². The maximum atomic E-state index is 12.9. The van der Waals surface area contributed by atoms with Gasteiger partial charge >= 0.3 is 5.97 Å². The Kier molecular flexibility index (Phi) is 7.35. The van der Waals surface area contributed by atoms with Crippen molar-refractivity contribution in [3.63, 3.8) is 0 Å². The molecule has 0 bridgehead atoms. The van der Waals surface area contributed by atoms with E-state index < -0.39 is 34.1 Å². The molecule has 0 heterocycles. The zero-order valence-corrected chi connectivity index (χ0v) is 18.1. The second-order valence-electron chi connectivity index (χ2n) is 7.54. The molecule has 0 aliphatic rings. The zero-order chi connectivity index (χ0) is 23.3. The van der Waals surface area contributed by atoms with Gasteiger partial charge in [0.1, 0.15) is 5.75 Å². The number of hydrogen-bond acceptors (Lipinski definition) is 7. The molecule has 0 spiro atoms. The summed E-state index contributed by atoms with van der Waals surface area (Å²) in [6.07, 6.45) is -1.57. The number of benzene rings is 2. The van der Waals surface area contributed by atoms with Crippen LogP contribution in [0.1, 0.15) is 31.1 Å². The van der Waals surface area contributed by atoms with Crippen LogP contribution in [-0.2, 0) is 14.3 Å². The number of esters is 1. The Morgan fingerprint density at radius 1 is 1.10 bits per heavy atom. The van der Waals surface area contributed by atoms with Crippen molar-refractivity contribution in [2.45, 2.75) is 26.9 Å². The fourth-order valence-electron chi connectivity index (χ4n) is 2.46. The molecule has 10 heteroatoms. The van der Waals surface area contributed by atoms with Crippen LogP contribution in [-0.4, -0.2) is 35.8 Å². The molecule has 9 nitrogen and oxygen atoms in total. The van der Waals surface area contributed by atoms with E-state index in [1.807, 2.05) is 0 Å². The molecule has 0 radical (unpaired) electrons. The van der Waals surface area contributed by atoms with Gasteiger partial charge in [-0.15, -0.1) is 0 Å². The predicted molar refractivity (Wildman–Crippen MR) is 113 cm³/mol. The standard InChI is InChI=1S/C21H21ClN2O7/c1-21(2,3)18(25)17(31-14-8-5-12(6-9-14)20(27)30-4)19(26)23-16-11-13(24(28)29)7-10-15(16)22/h5-11,17H,1-4H3,(H,23,26). The van der Waals surface area contributed by atoms with E-state index in [1.165, 1.54) is 43.5 Å². The number of ketones is 1. The lowest BCUT2D eigenvalue weighted by Gasteiger charge is -2.25. The number of ether oxygens (including phenoxy) is 2. The largest absolute Gasteiger partial charge is 0.473 e. The molecule has 1 amide bonds. The number of amides is 1. The number of rotatable bonds is 7. The Hall–Kier alpha value is -3.46. The maximum absolute atomic E-state index is 12.9. The summed E-state index contributed by atoms with van der Waals surface area (Å²) >= 11 is 6.03. The minimum absolute atomic E-state index is 0.0304. The molecule has 2 aromatic rings. The number of anilines is 1. The van der Waals surface area contributed by atoms with Crippen molar-refractivity contribution < 1.29 is 28.8 Å². The summed E-state index contributed by atoms with van der Waals surface area (Å²) in [7, 11) is 1.24. The first kappa shape index (κ1) is 23.8. The van der Waals surface area contributed by atoms with Crippen LogP contribution in [0.4, 0.5) is 11.4 Å². The summed E-state index contributed by atoms with van der Waals surface area (Å²) in [4.78, 5) is 47.7. The van der Waals surface area contributed by atoms with E-state index in [9.17, 15) is 24.5 Å². The van der Waals surface area contributed by atoms with Gasteiger partial charge in [-0.3, -0.25) is 19.7 Å². The number of carbonyl (C=O) groups excluding carboxylic acids is 3. The SMILES string of the molecule is COC(=O)c1ccc(OC(C(=O)Nc2cc([N+](=O)[O-])ccc2Cl)C(=O)C(C)(C)C)cc1. The third-order valence-electron chi connectivity index (χ3n) is 4.16. The average Bonchev–Trinajstić information content (AvgIpc) is 2.72. The third-order valence-corrected chi connectivity index (χ3v) is 4.49. The molecule has 0 saturated heterocycles. The summed E-state index contributed by atoms with van der Waals surface area (Å²) in [5.74, 6) is -1.76. The molecule has 0 aliphatic heterocycles. The quantitative estimate of drug-likeness (QED) is 0.293. The molecule has 0 aromatic heterocycles. The van der Waals surface area contributed by atoms with Crippen molar-refractivity contribution in [3.8, 4) is 5.75 Å². The molecule has 31 heavy (non-hydrogen) atoms. The third kappa shape index (κ3) is 6.02. The van der Waals surface area contributed by atoms with Gasteiger partial charge < -0.3 is 14.8 Å². The Morgan fingerprint density at radius 3 is 2.23 bits per heavy atom. The van der Waals surface area contributed by atoms with E-state index in [4.69, 9.17) is 16.3 Å². The summed E-state index contributed by atoms with van der Waals surface area (Å²) in [6.45, 7) is 4.87. The van der Waals surface area contributed by atoms with E-state index in [0.717, 1.165) is 6.07 Å². The fourth-order valence-corrected chi connectivity index (χ4v) is 2.63. The average molecular weight is 449 g/mol. The van der Waals surface area contributed by atoms with Crippen molar-refractivity contribution in [3.05, 3.63) is 63.2 Å². The maximum Gasteiger partial charge on any atom is 0.337 e. The lowest BCUT2D eigenvalue weighted by molar-refractivity contribution is -0.384. The molecule has 0 saturated carbocycles. The zero-order valence-electron chi connectivity index (χ0n) is 17.3. The van der Waals surface area contributed by atoms with E-state index >= 15 is 0 Å². The second-order valence-corrected chi connectivity index (χ2v) is 7.95. The topological polar surface area (TPSA) is 125 Å². The first-order valence-electron chi connectivity index (χ1n) is 9.08. The van der Waals surface area contributed by atoms with Gasteiger partial charge in [-0.2, -0.15) is 0 Å². The predicted octanol–water partition coefficient (Wildman–Crippen LogP) is 4.04. The number of hydrogen-bond donors (Lipinski definition) is 1. The number of carbonyl (C=O) groups is 3. The molecule has 1 N–H and O–H groups in total. The molecule has 0 fully saturated rings. The number of nitrogens with one attached hydrogen (secondary N) is 1. The molecule has 2 rings (SSSR count). The number of halogens is 1. The van der Waals surface area contributed by atoms with Gasteiger partial charge in [0, 0.05) is 17.5 Å². The van der Waals surface area contributed by atoms with E-state index in [2.05, 4.69) is 10.1 Å². The Labute approximate surface area is 183 Å². The summed E-state index contributed by atoms with van der Waals surface area (Å²) in [5, 5.41) is 13.5. The minimum Gasteiger partial charge on any atom is -0.473 e. The number of methoxy groups -OCH3 is 1. The van der Waals surface area contributed by atoms with Gasteiger partial charge in [0.25, 0.3) is 11.6 Å². The number of nitro groups is 1. The van der Waals surface area contributed by atoms with Gasteiger partial charge in [0.05, 0.1) is 28.3 Å². The molecule has 0 aliphatic carbocycles. The molecule has 164 valence electrons. The molecular weight excluding hydrogens is 428 g/mol. The Balaban J connectivity index is 2.33. The lowest BCUT2D eigenvalue weighted by atomic mass is 9.87. The van der Waals surface area contributed by atoms with E-state index in [0.29, 0.717) is 0 Å². The van der Waals surface area contributed by atoms with Crippen LogP contribution in [0.25, 0.3) is 0 Å². The highest BCUT2D eigenvalue weighted by Crippen LogP contribution is 2.28. The van der Waals surface area contributed by atoms with Crippen LogP contribution in [0.5, 0.6) is 5.75 Å². The van der Waals surface area contributed by atoms with Crippen molar-refractivity contribution in [1.82, 2.24) is 0 Å². The lowest BCUT2D eigenvalue weighted by Crippen LogP contribution is -2.45. The number of nitro benzene ring substituents is 1. The monoisotopic (exact) mass is 448 g/mol. The van der Waals surface area contributed by atoms with E-state index in [-0.39, 0.29) is 27.7 Å². The van der Waals surface area contributed by atoms with Crippen LogP contribution in [0.3, 0.4) is 0 Å². The van der Waals surface area contributed by atoms with Crippen LogP contribution in [0.2, 0.25) is 5.02 Å². The van der Waals surface area contributed by atoms with E-state index in [1.54, 1.807) is 20.8 Å². The summed E-state index contributed by atoms with van der Waals surface area (Å²) in [6, 6.07) is 9.23. The van der Waals surface area contributed by atoms with Crippen LogP contribution in [0, 0.1) is 15.5 Å². The Bertz CT molecular complexity index is 1010. The van der Waals surface area contributed by atoms with Crippen LogP contribution in [0.15, 0.2) is 42.5 Å². The highest BCUT2D eigenvalue weighted by molar-refractivity contribution is 6.34. The molecular formula is C21H21ClN2O7. The van der Waals surface area contributed by atoms with Crippen LogP contribution < -0.4 is 10.1 Å². The Morgan fingerprint density at radius 2 is 1.71 bits per heavy atom. The normalized spacial score (nSPS) is 11.9. The molecule has 1 unspecified atom stereocenters. The summed E-state index contributed by atoms with van der Waals surface area (Å²) < 4.78 is 10.3. The first-order chi connectivity index (χ1) is 14.4. The van der Waals surface area contributed by atoms with Crippen molar-refractivity contribution in [2.24, 2.45) is 5.41 Å². The molecule has 2 aromatic carbocycles. The number of Topliss-reactive ketones (excluding diaryl/α,β-unsaturated/α-hetero) is 1. The number of nitrogens with zero attached hydrogens (tertiary/aromatic N) is 1.